The van der Waals surface area contributed by atoms with Gasteiger partial charge in [-0.2, -0.15) is 0 Å². The number of carbonyl (C=O) groups excluding carboxylic acids is 7. The van der Waals surface area contributed by atoms with E-state index in [2.05, 4.69) is 21.3 Å². The number of primary amides is 1. The Morgan fingerprint density at radius 3 is 2.40 bits per heavy atom. The number of benzene rings is 1. The van der Waals surface area contributed by atoms with Crippen molar-refractivity contribution < 1.29 is 43.8 Å². The maximum absolute atomic E-state index is 13.7. The van der Waals surface area contributed by atoms with Crippen LogP contribution in [0.15, 0.2) is 18.2 Å². The largest absolute Gasteiger partial charge is 0.507 e. The van der Waals surface area contributed by atoms with Gasteiger partial charge in [0.25, 0.3) is 0 Å². The van der Waals surface area contributed by atoms with Gasteiger partial charge in [0, 0.05) is 32.9 Å². The average molecular weight is 744 g/mol. The van der Waals surface area contributed by atoms with Crippen molar-refractivity contribution in [1.29, 1.82) is 0 Å². The fourth-order valence-corrected chi connectivity index (χ4v) is 5.89. The highest BCUT2D eigenvalue weighted by molar-refractivity contribution is 14.1. The van der Waals surface area contributed by atoms with Crippen LogP contribution in [0.1, 0.15) is 38.7 Å². The van der Waals surface area contributed by atoms with Crippen LogP contribution >= 0.6 is 22.6 Å². The zero-order valence-corrected chi connectivity index (χ0v) is 27.0. The molecule has 45 heavy (non-hydrogen) atoms. The first kappa shape index (κ1) is 35.5. The summed E-state index contributed by atoms with van der Waals surface area (Å²) < 4.78 is 0.572. The molecule has 5 atom stereocenters. The minimum absolute atomic E-state index is 0.0815. The zero-order valence-electron chi connectivity index (χ0n) is 24.9. The number of likely N-dealkylation sites (tertiary alicyclic amines) is 2. The third kappa shape index (κ3) is 9.74. The van der Waals surface area contributed by atoms with Gasteiger partial charge in [-0.25, -0.2) is 0 Å². The van der Waals surface area contributed by atoms with E-state index in [0.29, 0.717) is 22.0 Å². The van der Waals surface area contributed by atoms with Gasteiger partial charge >= 0.3 is 0 Å². The summed E-state index contributed by atoms with van der Waals surface area (Å²) in [6, 6.07) is 0.770. The zero-order chi connectivity index (χ0) is 33.4. The average Bonchev–Trinajstić information content (AvgIpc) is 3.62. The van der Waals surface area contributed by atoms with E-state index in [0.717, 1.165) is 0 Å². The summed E-state index contributed by atoms with van der Waals surface area (Å²) in [6.45, 7) is 1.82. The van der Waals surface area contributed by atoms with Crippen LogP contribution in [0.2, 0.25) is 0 Å². The molecule has 7 amide bonds. The van der Waals surface area contributed by atoms with Crippen LogP contribution in [0.5, 0.6) is 5.75 Å². The summed E-state index contributed by atoms with van der Waals surface area (Å²) in [6.07, 6.45) is -0.160. The Balaban J connectivity index is 1.65. The van der Waals surface area contributed by atoms with Crippen molar-refractivity contribution in [3.8, 4) is 5.75 Å². The highest BCUT2D eigenvalue weighted by atomic mass is 127. The summed E-state index contributed by atoms with van der Waals surface area (Å²) in [5, 5.41) is 29.9. The molecule has 8 N–H and O–H groups in total. The lowest BCUT2D eigenvalue weighted by Gasteiger charge is -2.32. The summed E-state index contributed by atoms with van der Waals surface area (Å²) in [5.74, 6) is -4.19. The molecule has 1 aromatic carbocycles. The van der Waals surface area contributed by atoms with Crippen LogP contribution in [-0.2, 0) is 40.0 Å². The number of nitrogens with zero attached hydrogens (tertiary/aromatic N) is 2. The van der Waals surface area contributed by atoms with Gasteiger partial charge in [0.15, 0.2) is 0 Å². The fraction of sp³-hybridized carbons (Fsp3) is 0.536. The molecule has 3 rings (SSSR count). The summed E-state index contributed by atoms with van der Waals surface area (Å²) in [5.41, 5.74) is 5.67. The Labute approximate surface area is 272 Å². The number of hydrogen-bond acceptors (Lipinski definition) is 9. The lowest BCUT2D eigenvalue weighted by atomic mass is 10.0. The van der Waals surface area contributed by atoms with Crippen LogP contribution in [0.4, 0.5) is 0 Å². The number of aliphatic hydroxyl groups is 1. The number of phenolic OH excluding ortho intramolecular Hbond substituents is 1. The molecule has 2 heterocycles. The van der Waals surface area contributed by atoms with Crippen molar-refractivity contribution in [2.24, 2.45) is 5.73 Å². The first-order valence-corrected chi connectivity index (χ1v) is 15.4. The molecule has 0 spiro atoms. The van der Waals surface area contributed by atoms with E-state index >= 15 is 0 Å². The van der Waals surface area contributed by atoms with Gasteiger partial charge in [0.1, 0.15) is 29.9 Å². The number of carbonyl (C=O) groups is 7. The molecule has 0 aromatic heterocycles. The van der Waals surface area contributed by atoms with Gasteiger partial charge in [-0.05, 0) is 60.1 Å². The molecular formula is C28H38IN7O9. The van der Waals surface area contributed by atoms with Crippen LogP contribution in [0, 0.1) is 3.57 Å². The molecule has 2 aliphatic rings. The fourth-order valence-electron chi connectivity index (χ4n) is 5.31. The molecule has 1 aromatic rings. The van der Waals surface area contributed by atoms with Gasteiger partial charge < -0.3 is 47.0 Å². The first-order chi connectivity index (χ1) is 21.2. The minimum atomic E-state index is -1.11. The second kappa shape index (κ2) is 15.8. The van der Waals surface area contributed by atoms with Gasteiger partial charge in [-0.1, -0.05) is 6.07 Å². The summed E-state index contributed by atoms with van der Waals surface area (Å²) in [4.78, 5) is 90.1. The molecule has 0 radical (unpaired) electrons. The monoisotopic (exact) mass is 743 g/mol. The first-order valence-electron chi connectivity index (χ1n) is 14.3. The van der Waals surface area contributed by atoms with Crippen molar-refractivity contribution in [3.05, 3.63) is 27.3 Å². The summed E-state index contributed by atoms with van der Waals surface area (Å²) in [7, 11) is 0. The van der Waals surface area contributed by atoms with Crippen molar-refractivity contribution in [3.63, 3.8) is 0 Å². The Hall–Kier alpha value is -4.00. The maximum Gasteiger partial charge on any atom is 0.246 e. The Bertz CT molecular complexity index is 1340. The van der Waals surface area contributed by atoms with Crippen molar-refractivity contribution in [2.75, 3.05) is 26.2 Å². The third-order valence-corrected chi connectivity index (χ3v) is 8.31. The van der Waals surface area contributed by atoms with E-state index in [9.17, 15) is 43.8 Å². The van der Waals surface area contributed by atoms with E-state index in [1.165, 1.54) is 29.7 Å². The molecule has 2 aliphatic heterocycles. The number of phenols is 1. The van der Waals surface area contributed by atoms with Gasteiger partial charge in [0.05, 0.1) is 22.8 Å². The van der Waals surface area contributed by atoms with Gasteiger partial charge in [-0.3, -0.25) is 33.6 Å². The van der Waals surface area contributed by atoms with Crippen LogP contribution < -0.4 is 27.0 Å². The number of nitrogens with two attached hydrogens (primary N) is 1. The van der Waals surface area contributed by atoms with Gasteiger partial charge in [0.2, 0.25) is 41.4 Å². The topological polar surface area (TPSA) is 241 Å². The second-order valence-electron chi connectivity index (χ2n) is 11.0. The molecule has 2 fully saturated rings. The lowest BCUT2D eigenvalue weighted by Crippen LogP contribution is -2.57. The number of rotatable bonds is 12. The molecule has 0 unspecified atom stereocenters. The number of nitrogens with one attached hydrogen (secondary N) is 4. The molecule has 0 saturated carbocycles. The number of β-amino-alcohol motifs (C(OH)–C–C–N with tert-alkyl or cyclic N) is 1. The normalized spacial score (nSPS) is 20.6. The molecular weight excluding hydrogens is 705 g/mol. The van der Waals surface area contributed by atoms with Crippen LogP contribution in [0.3, 0.4) is 0 Å². The van der Waals surface area contributed by atoms with Crippen LogP contribution in [-0.4, -0.2) is 118 Å². The quantitative estimate of drug-likeness (QED) is 0.110. The predicted molar refractivity (Wildman–Crippen MR) is 166 cm³/mol. The molecule has 2 saturated heterocycles. The van der Waals surface area contributed by atoms with Crippen LogP contribution in [0.25, 0.3) is 0 Å². The highest BCUT2D eigenvalue weighted by Gasteiger charge is 2.45. The minimum Gasteiger partial charge on any atom is -0.507 e. The Kier molecular flexibility index (Phi) is 12.5. The van der Waals surface area contributed by atoms with E-state index in [-0.39, 0.29) is 31.7 Å². The summed E-state index contributed by atoms with van der Waals surface area (Å²) >= 11 is 1.95. The molecule has 0 bridgehead atoms. The van der Waals surface area contributed by atoms with E-state index in [1.54, 1.807) is 12.1 Å². The van der Waals surface area contributed by atoms with E-state index < -0.39 is 84.7 Å². The molecule has 17 heteroatoms. The van der Waals surface area contributed by atoms with E-state index in [1.807, 2.05) is 22.6 Å². The number of hydrogen-bond donors (Lipinski definition) is 7. The lowest BCUT2D eigenvalue weighted by molar-refractivity contribution is -0.148. The number of aliphatic hydroxyl groups excluding tert-OH is 1. The van der Waals surface area contributed by atoms with Crippen molar-refractivity contribution in [1.82, 2.24) is 31.1 Å². The number of amides is 7. The second-order valence-corrected chi connectivity index (χ2v) is 12.2. The number of halogens is 1. The smallest absolute Gasteiger partial charge is 0.246 e. The standard InChI is InChI=1S/C28H38IN7O9/c1-14(25(42)31-11-23(30)40)33-24(41)12-32-26(43)21-10-17(38)13-36(21)28(45)20-4-3-7-35(20)27(44)19(34-15(2)37)9-16-5-6-22(39)18(29)8-16/h5-6,8,14,17,19-21,38-39H,3-4,7,9-13H2,1-2H3,(H2,30,40)(H,31,42)(H,32,43)(H,33,41)(H,34,37)/t14-,17-,19-,20-,21-/m1/s1. The molecule has 16 nitrogen and oxygen atoms in total. The highest BCUT2D eigenvalue weighted by Crippen LogP contribution is 2.27. The molecule has 246 valence electrons. The Morgan fingerprint density at radius 2 is 1.76 bits per heavy atom. The SMILES string of the molecule is CC(=O)N[C@H](Cc1ccc(O)c(I)c1)C(=O)N1CCC[C@@H]1C(=O)N1C[C@H](O)C[C@@H]1C(=O)NCC(=O)N[C@H](C)C(=O)NCC(N)=O. The Morgan fingerprint density at radius 1 is 1.04 bits per heavy atom. The third-order valence-electron chi connectivity index (χ3n) is 7.44. The van der Waals surface area contributed by atoms with Crippen molar-refractivity contribution >= 4 is 63.9 Å². The maximum atomic E-state index is 13.7. The predicted octanol–water partition coefficient (Wildman–Crippen LogP) is -2.78. The van der Waals surface area contributed by atoms with Gasteiger partial charge in [-0.15, -0.1) is 0 Å². The van der Waals surface area contributed by atoms with E-state index in [4.69, 9.17) is 5.73 Å². The number of aromatic hydroxyl groups is 1. The molecule has 0 aliphatic carbocycles. The van der Waals surface area contributed by atoms with Crippen molar-refractivity contribution in [2.45, 2.75) is 69.8 Å².